The van der Waals surface area contributed by atoms with E-state index in [2.05, 4.69) is 17.4 Å². The molecule has 0 amide bonds. The summed E-state index contributed by atoms with van der Waals surface area (Å²) in [6, 6.07) is 5.05. The fourth-order valence-corrected chi connectivity index (χ4v) is 2.98. The number of halogens is 1. The van der Waals surface area contributed by atoms with Crippen LogP contribution in [0.3, 0.4) is 0 Å². The fourth-order valence-electron chi connectivity index (χ4n) is 2.98. The van der Waals surface area contributed by atoms with Crippen LogP contribution in [0.1, 0.15) is 50.2 Å². The highest BCUT2D eigenvalue weighted by Crippen LogP contribution is 2.26. The second-order valence-electron chi connectivity index (χ2n) is 5.86. The van der Waals surface area contributed by atoms with Crippen molar-refractivity contribution in [2.24, 2.45) is 16.8 Å². The molecule has 0 heterocycles. The monoisotopic (exact) mass is 293 g/mol. The topological polar surface area (TPSA) is 70.6 Å². The minimum atomic E-state index is -0.331. The molecule has 0 radical (unpaired) electrons. The van der Waals surface area contributed by atoms with E-state index >= 15 is 0 Å². The summed E-state index contributed by atoms with van der Waals surface area (Å²) in [5.74, 6) is 0.282. The normalized spacial score (nSPS) is 18.7. The van der Waals surface area contributed by atoms with Crippen LogP contribution in [-0.2, 0) is 6.54 Å². The van der Waals surface area contributed by atoms with Gasteiger partial charge in [-0.3, -0.25) is 0 Å². The summed E-state index contributed by atoms with van der Waals surface area (Å²) < 4.78 is 14.0. The second kappa shape index (κ2) is 7.41. The summed E-state index contributed by atoms with van der Waals surface area (Å²) in [4.78, 5) is 0. The van der Waals surface area contributed by atoms with Crippen LogP contribution in [0.15, 0.2) is 23.4 Å². The average molecular weight is 293 g/mol. The molecule has 0 aliphatic heterocycles. The Kier molecular flexibility index (Phi) is 5.56. The van der Waals surface area contributed by atoms with Crippen molar-refractivity contribution in [2.45, 2.75) is 51.6 Å². The van der Waals surface area contributed by atoms with Gasteiger partial charge in [0.15, 0.2) is 5.84 Å². The third-order valence-corrected chi connectivity index (χ3v) is 4.43. The van der Waals surface area contributed by atoms with Crippen molar-refractivity contribution < 1.29 is 9.60 Å². The Balaban J connectivity index is 1.93. The van der Waals surface area contributed by atoms with Gasteiger partial charge in [-0.05, 0) is 31.7 Å². The number of amidine groups is 1. The number of nitrogens with two attached hydrogens (primary N) is 1. The van der Waals surface area contributed by atoms with E-state index in [1.807, 2.05) is 0 Å². The molecule has 1 saturated carbocycles. The first kappa shape index (κ1) is 15.8. The Morgan fingerprint density at radius 1 is 1.43 bits per heavy atom. The highest BCUT2D eigenvalue weighted by Gasteiger charge is 2.19. The van der Waals surface area contributed by atoms with E-state index in [4.69, 9.17) is 10.9 Å². The first-order chi connectivity index (χ1) is 10.1. The third-order valence-electron chi connectivity index (χ3n) is 4.43. The van der Waals surface area contributed by atoms with Crippen LogP contribution >= 0.6 is 0 Å². The third kappa shape index (κ3) is 4.17. The highest BCUT2D eigenvalue weighted by molar-refractivity contribution is 5.97. The van der Waals surface area contributed by atoms with Crippen molar-refractivity contribution >= 4 is 5.84 Å². The molecule has 116 valence electrons. The van der Waals surface area contributed by atoms with E-state index in [0.717, 1.165) is 0 Å². The van der Waals surface area contributed by atoms with Gasteiger partial charge in [-0.25, -0.2) is 4.39 Å². The number of oxime groups is 1. The number of rotatable bonds is 5. The van der Waals surface area contributed by atoms with Crippen molar-refractivity contribution in [3.8, 4) is 0 Å². The molecular weight excluding hydrogens is 269 g/mol. The van der Waals surface area contributed by atoms with Gasteiger partial charge in [-0.15, -0.1) is 0 Å². The van der Waals surface area contributed by atoms with E-state index < -0.39 is 0 Å². The maximum atomic E-state index is 14.0. The molecule has 1 unspecified atom stereocenters. The summed E-state index contributed by atoms with van der Waals surface area (Å²) in [6.07, 6.45) is 6.48. The van der Waals surface area contributed by atoms with E-state index in [9.17, 15) is 4.39 Å². The maximum absolute atomic E-state index is 14.0. The molecule has 1 aliphatic carbocycles. The zero-order valence-corrected chi connectivity index (χ0v) is 12.5. The molecule has 1 fully saturated rings. The Morgan fingerprint density at radius 2 is 2.14 bits per heavy atom. The minimum Gasteiger partial charge on any atom is -0.409 e. The number of nitrogens with one attached hydrogen (secondary N) is 1. The molecule has 1 aromatic rings. The molecule has 4 nitrogen and oxygen atoms in total. The van der Waals surface area contributed by atoms with Gasteiger partial charge in [0.2, 0.25) is 0 Å². The van der Waals surface area contributed by atoms with Crippen LogP contribution in [0, 0.1) is 11.7 Å². The molecule has 1 atom stereocenters. The lowest BCUT2D eigenvalue weighted by atomic mass is 9.84. The Hall–Kier alpha value is -1.62. The lowest BCUT2D eigenvalue weighted by molar-refractivity contribution is 0.280. The molecule has 0 bridgehead atoms. The quantitative estimate of drug-likeness (QED) is 0.338. The first-order valence-corrected chi connectivity index (χ1v) is 7.61. The maximum Gasteiger partial charge on any atom is 0.170 e. The zero-order valence-electron chi connectivity index (χ0n) is 12.5. The summed E-state index contributed by atoms with van der Waals surface area (Å²) in [5.41, 5.74) is 6.44. The van der Waals surface area contributed by atoms with Crippen LogP contribution in [0.4, 0.5) is 4.39 Å². The van der Waals surface area contributed by atoms with Gasteiger partial charge in [0, 0.05) is 23.7 Å². The largest absolute Gasteiger partial charge is 0.409 e. The van der Waals surface area contributed by atoms with E-state index in [1.54, 1.807) is 12.1 Å². The second-order valence-corrected chi connectivity index (χ2v) is 5.86. The lowest BCUT2D eigenvalue weighted by Crippen LogP contribution is -2.34. The highest BCUT2D eigenvalue weighted by atomic mass is 19.1. The molecule has 5 heteroatoms. The minimum absolute atomic E-state index is 0.0796. The Morgan fingerprint density at radius 3 is 2.76 bits per heavy atom. The van der Waals surface area contributed by atoms with E-state index in [1.165, 1.54) is 38.2 Å². The van der Waals surface area contributed by atoms with Gasteiger partial charge in [0.25, 0.3) is 0 Å². The van der Waals surface area contributed by atoms with Crippen LogP contribution in [-0.4, -0.2) is 17.1 Å². The number of hydrogen-bond donors (Lipinski definition) is 3. The first-order valence-electron chi connectivity index (χ1n) is 7.61. The number of benzene rings is 1. The van der Waals surface area contributed by atoms with E-state index in [0.29, 0.717) is 29.6 Å². The smallest absolute Gasteiger partial charge is 0.170 e. The molecule has 4 N–H and O–H groups in total. The van der Waals surface area contributed by atoms with Crippen molar-refractivity contribution in [1.82, 2.24) is 5.32 Å². The Bertz CT molecular complexity index is 498. The predicted molar refractivity (Wildman–Crippen MR) is 81.8 cm³/mol. The molecular formula is C16H24FN3O. The molecule has 0 aromatic heterocycles. The van der Waals surface area contributed by atoms with Gasteiger partial charge >= 0.3 is 0 Å². The van der Waals surface area contributed by atoms with Crippen LogP contribution in [0.25, 0.3) is 0 Å². The average Bonchev–Trinajstić information content (AvgIpc) is 2.53. The summed E-state index contributed by atoms with van der Waals surface area (Å²) in [6.45, 7) is 2.68. The molecule has 21 heavy (non-hydrogen) atoms. The lowest BCUT2D eigenvalue weighted by Gasteiger charge is -2.28. The van der Waals surface area contributed by atoms with Gasteiger partial charge in [-0.1, -0.05) is 36.6 Å². The van der Waals surface area contributed by atoms with Crippen molar-refractivity contribution in [1.29, 1.82) is 0 Å². The standard InChI is InChI=1S/C16H24FN3O/c1-11(12-5-3-2-4-6-12)19-10-14-8-7-13(9-15(14)17)16(18)20-21/h7-9,11-12,19,21H,2-6,10H2,1H3,(H2,18,20). The summed E-state index contributed by atoms with van der Waals surface area (Å²) >= 11 is 0. The zero-order chi connectivity index (χ0) is 15.2. The van der Waals surface area contributed by atoms with Crippen molar-refractivity contribution in [3.05, 3.63) is 35.1 Å². The van der Waals surface area contributed by atoms with Crippen LogP contribution in [0.5, 0.6) is 0 Å². The van der Waals surface area contributed by atoms with Crippen molar-refractivity contribution in [2.75, 3.05) is 0 Å². The van der Waals surface area contributed by atoms with Crippen molar-refractivity contribution in [3.63, 3.8) is 0 Å². The molecule has 1 aromatic carbocycles. The van der Waals surface area contributed by atoms with Crippen LogP contribution in [0.2, 0.25) is 0 Å². The van der Waals surface area contributed by atoms with Gasteiger partial charge in [-0.2, -0.15) is 0 Å². The predicted octanol–water partition coefficient (Wildman–Crippen LogP) is 2.98. The summed E-state index contributed by atoms with van der Waals surface area (Å²) in [5, 5.41) is 14.9. The summed E-state index contributed by atoms with van der Waals surface area (Å²) in [7, 11) is 0. The van der Waals surface area contributed by atoms with E-state index in [-0.39, 0.29) is 11.7 Å². The Labute approximate surface area is 125 Å². The molecule has 0 spiro atoms. The molecule has 0 saturated heterocycles. The van der Waals surface area contributed by atoms with Crippen LogP contribution < -0.4 is 11.1 Å². The van der Waals surface area contributed by atoms with Gasteiger partial charge in [0.05, 0.1) is 0 Å². The number of nitrogens with zero attached hydrogens (tertiary/aromatic N) is 1. The molecule has 1 aliphatic rings. The SMILES string of the molecule is CC(NCc1ccc(C(N)=NO)cc1F)C1CCCCC1. The van der Waals surface area contributed by atoms with Gasteiger partial charge in [0.1, 0.15) is 5.82 Å². The molecule has 2 rings (SSSR count). The fraction of sp³-hybridized carbons (Fsp3) is 0.562. The van der Waals surface area contributed by atoms with Gasteiger partial charge < -0.3 is 16.3 Å². The number of hydrogen-bond acceptors (Lipinski definition) is 3.